The molecule has 0 unspecified atom stereocenters. The number of carbonyl (C=O) groups excluding carboxylic acids is 1. The highest BCUT2D eigenvalue weighted by Gasteiger charge is 2.62. The van der Waals surface area contributed by atoms with Crippen molar-refractivity contribution in [2.24, 2.45) is 52.3 Å². The van der Waals surface area contributed by atoms with Crippen LogP contribution in [0.3, 0.4) is 0 Å². The van der Waals surface area contributed by atoms with Gasteiger partial charge in [-0.25, -0.2) is 0 Å². The fraction of sp³-hybridized carbons (Fsp3) is 0.966. The third kappa shape index (κ3) is 3.79. The first kappa shape index (κ1) is 23.6. The second-order valence-electron chi connectivity index (χ2n) is 13.7. The quantitative estimate of drug-likeness (QED) is 0.457. The van der Waals surface area contributed by atoms with Crippen molar-refractivity contribution in [1.82, 2.24) is 5.32 Å². The SMILES string of the molecule is CC(C)CCC[C@@H](C)[C@H]1CC[C@H]2[C@@H]3CC[C@H]4C[C@]5(CC[C@]4(C)[C@H]3CC[C@]12C)NC(=O)CS5. The summed E-state index contributed by atoms with van der Waals surface area (Å²) in [6, 6.07) is 0. The predicted molar refractivity (Wildman–Crippen MR) is 136 cm³/mol. The zero-order valence-electron chi connectivity index (χ0n) is 21.6. The average Bonchev–Trinajstić information content (AvgIpc) is 3.28. The molecule has 5 aliphatic rings. The summed E-state index contributed by atoms with van der Waals surface area (Å²) in [5.41, 5.74) is 1.12. The van der Waals surface area contributed by atoms with Gasteiger partial charge in [-0.05, 0) is 110 Å². The summed E-state index contributed by atoms with van der Waals surface area (Å²) in [7, 11) is 0. The molecule has 32 heavy (non-hydrogen) atoms. The monoisotopic (exact) mass is 459 g/mol. The van der Waals surface area contributed by atoms with Crippen molar-refractivity contribution in [1.29, 1.82) is 0 Å². The minimum Gasteiger partial charge on any atom is -0.341 e. The summed E-state index contributed by atoms with van der Waals surface area (Å²) < 4.78 is 0. The maximum Gasteiger partial charge on any atom is 0.231 e. The number of carbonyl (C=O) groups is 1. The van der Waals surface area contributed by atoms with Gasteiger partial charge in [0.15, 0.2) is 0 Å². The van der Waals surface area contributed by atoms with Crippen LogP contribution in [0.5, 0.6) is 0 Å². The van der Waals surface area contributed by atoms with Gasteiger partial charge < -0.3 is 5.32 Å². The van der Waals surface area contributed by atoms with Gasteiger partial charge in [-0.1, -0.05) is 53.9 Å². The molecule has 5 rings (SSSR count). The number of hydrogen-bond donors (Lipinski definition) is 1. The van der Waals surface area contributed by atoms with Crippen LogP contribution < -0.4 is 5.32 Å². The van der Waals surface area contributed by atoms with Crippen molar-refractivity contribution in [3.8, 4) is 0 Å². The highest BCUT2D eigenvalue weighted by Crippen LogP contribution is 2.69. The highest BCUT2D eigenvalue weighted by atomic mass is 32.2. The van der Waals surface area contributed by atoms with Crippen molar-refractivity contribution < 1.29 is 4.79 Å². The molecule has 9 atom stereocenters. The van der Waals surface area contributed by atoms with Crippen LogP contribution in [0.4, 0.5) is 0 Å². The minimum atomic E-state index is 0.0845. The predicted octanol–water partition coefficient (Wildman–Crippen LogP) is 7.67. The van der Waals surface area contributed by atoms with Gasteiger partial charge in [-0.15, -0.1) is 11.8 Å². The Morgan fingerprint density at radius 2 is 1.72 bits per heavy atom. The maximum atomic E-state index is 12.0. The van der Waals surface area contributed by atoms with E-state index in [9.17, 15) is 4.79 Å². The number of hydrogen-bond acceptors (Lipinski definition) is 2. The molecule has 5 fully saturated rings. The molecular weight excluding hydrogens is 410 g/mol. The van der Waals surface area contributed by atoms with Crippen molar-refractivity contribution in [3.63, 3.8) is 0 Å². The van der Waals surface area contributed by atoms with Crippen molar-refractivity contribution in [2.45, 2.75) is 117 Å². The topological polar surface area (TPSA) is 29.1 Å². The Hall–Kier alpha value is -0.180. The lowest BCUT2D eigenvalue weighted by Gasteiger charge is -2.62. The average molecular weight is 460 g/mol. The minimum absolute atomic E-state index is 0.0845. The fourth-order valence-electron chi connectivity index (χ4n) is 10.0. The molecule has 1 spiro atoms. The molecular formula is C29H49NOS. The second-order valence-corrected chi connectivity index (χ2v) is 15.1. The van der Waals surface area contributed by atoms with E-state index in [1.165, 1.54) is 77.0 Å². The summed E-state index contributed by atoms with van der Waals surface area (Å²) in [6.07, 6.45) is 16.9. The Kier molecular flexibility index (Phi) is 6.25. The van der Waals surface area contributed by atoms with Crippen LogP contribution in [0.15, 0.2) is 0 Å². The lowest BCUT2D eigenvalue weighted by molar-refractivity contribution is -0.126. The lowest BCUT2D eigenvalue weighted by Crippen LogP contribution is -2.57. The fourth-order valence-corrected chi connectivity index (χ4v) is 11.3. The van der Waals surface area contributed by atoms with Crippen molar-refractivity contribution >= 4 is 17.7 Å². The molecule has 0 aromatic carbocycles. The molecule has 3 heteroatoms. The number of thioether (sulfide) groups is 1. The molecule has 0 aromatic rings. The number of fused-ring (bicyclic) bond motifs is 5. The van der Waals surface area contributed by atoms with E-state index in [-0.39, 0.29) is 10.8 Å². The first-order chi connectivity index (χ1) is 15.2. The molecule has 0 radical (unpaired) electrons. The van der Waals surface area contributed by atoms with Crippen LogP contribution in [-0.4, -0.2) is 16.5 Å². The summed E-state index contributed by atoms with van der Waals surface area (Å²) in [4.78, 5) is 12.1. The Morgan fingerprint density at radius 1 is 0.938 bits per heavy atom. The molecule has 2 nitrogen and oxygen atoms in total. The molecule has 4 aliphatic carbocycles. The van der Waals surface area contributed by atoms with Crippen LogP contribution in [0.1, 0.15) is 112 Å². The molecule has 1 aliphatic heterocycles. The normalized spacial score (nSPS) is 48.9. The largest absolute Gasteiger partial charge is 0.341 e. The molecule has 1 saturated heterocycles. The van der Waals surface area contributed by atoms with Crippen LogP contribution in [-0.2, 0) is 4.79 Å². The Bertz CT molecular complexity index is 722. The number of nitrogens with one attached hydrogen (secondary N) is 1. The molecule has 1 N–H and O–H groups in total. The molecule has 1 amide bonds. The van der Waals surface area contributed by atoms with E-state index >= 15 is 0 Å². The van der Waals surface area contributed by atoms with Crippen LogP contribution in [0.25, 0.3) is 0 Å². The number of rotatable bonds is 5. The van der Waals surface area contributed by atoms with Crippen molar-refractivity contribution in [3.05, 3.63) is 0 Å². The maximum absolute atomic E-state index is 12.0. The van der Waals surface area contributed by atoms with Gasteiger partial charge in [-0.2, -0.15) is 0 Å². The summed E-state index contributed by atoms with van der Waals surface area (Å²) in [5.74, 6) is 7.40. The summed E-state index contributed by atoms with van der Waals surface area (Å²) in [6.45, 7) is 12.7. The van der Waals surface area contributed by atoms with Gasteiger partial charge in [0.25, 0.3) is 0 Å². The Labute approximate surface area is 202 Å². The van der Waals surface area contributed by atoms with E-state index in [1.54, 1.807) is 0 Å². The van der Waals surface area contributed by atoms with Crippen LogP contribution in [0, 0.1) is 52.3 Å². The van der Waals surface area contributed by atoms with E-state index in [4.69, 9.17) is 0 Å². The first-order valence-corrected chi connectivity index (χ1v) is 15.1. The third-order valence-electron chi connectivity index (χ3n) is 11.8. The lowest BCUT2D eigenvalue weighted by atomic mass is 9.44. The second kappa shape index (κ2) is 8.49. The molecule has 182 valence electrons. The van der Waals surface area contributed by atoms with E-state index < -0.39 is 0 Å². The molecule has 1 heterocycles. The third-order valence-corrected chi connectivity index (χ3v) is 13.2. The highest BCUT2D eigenvalue weighted by molar-refractivity contribution is 8.01. The van der Waals surface area contributed by atoms with Crippen LogP contribution in [0.2, 0.25) is 0 Å². The van der Waals surface area contributed by atoms with Gasteiger partial charge >= 0.3 is 0 Å². The Balaban J connectivity index is 1.28. The van der Waals surface area contributed by atoms with Gasteiger partial charge in [0.05, 0.1) is 10.6 Å². The van der Waals surface area contributed by atoms with Gasteiger partial charge in [0, 0.05) is 0 Å². The van der Waals surface area contributed by atoms with E-state index in [0.717, 1.165) is 41.4 Å². The molecule has 4 saturated carbocycles. The molecule has 0 aromatic heterocycles. The number of amides is 1. The van der Waals surface area contributed by atoms with Crippen molar-refractivity contribution in [2.75, 3.05) is 5.75 Å². The van der Waals surface area contributed by atoms with E-state index in [0.29, 0.717) is 16.6 Å². The van der Waals surface area contributed by atoms with E-state index in [1.807, 2.05) is 11.8 Å². The smallest absolute Gasteiger partial charge is 0.231 e. The van der Waals surface area contributed by atoms with E-state index in [2.05, 4.69) is 39.9 Å². The first-order valence-electron chi connectivity index (χ1n) is 14.1. The van der Waals surface area contributed by atoms with Crippen LogP contribution >= 0.6 is 11.8 Å². The summed E-state index contributed by atoms with van der Waals surface area (Å²) in [5, 5.41) is 3.40. The Morgan fingerprint density at radius 3 is 2.44 bits per heavy atom. The molecule has 0 bridgehead atoms. The van der Waals surface area contributed by atoms with Gasteiger partial charge in [0.1, 0.15) is 0 Å². The van der Waals surface area contributed by atoms with Gasteiger partial charge in [-0.3, -0.25) is 4.79 Å². The zero-order valence-corrected chi connectivity index (χ0v) is 22.4. The van der Waals surface area contributed by atoms with Gasteiger partial charge in [0.2, 0.25) is 5.91 Å². The standard InChI is InChI=1S/C29H49NOS/c1-19(2)7-6-8-20(3)23-11-12-24-22-10-9-21-17-29(30-26(31)18-32-29)16-15-27(21,4)25(22)13-14-28(23,24)5/h19-25H,6-18H2,1-5H3,(H,30,31)/t20-,21+,22+,23-,24+,25+,27+,28-,29-/m1/s1. The zero-order chi connectivity index (χ0) is 22.7. The summed E-state index contributed by atoms with van der Waals surface area (Å²) >= 11 is 1.92.